The van der Waals surface area contributed by atoms with Crippen LogP contribution in [-0.2, 0) is 0 Å². The van der Waals surface area contributed by atoms with Crippen LogP contribution in [0.4, 0.5) is 11.8 Å². The summed E-state index contributed by atoms with van der Waals surface area (Å²) in [7, 11) is 0. The molecule has 0 radical (unpaired) electrons. The molecule has 1 aromatic rings. The minimum atomic E-state index is -0.387. The van der Waals surface area contributed by atoms with Crippen LogP contribution >= 0.6 is 11.6 Å². The van der Waals surface area contributed by atoms with E-state index in [-0.39, 0.29) is 12.1 Å². The number of rotatable bonds is 7. The van der Waals surface area contributed by atoms with Crippen molar-refractivity contribution in [1.29, 1.82) is 0 Å². The second-order valence-electron chi connectivity index (χ2n) is 4.19. The zero-order valence-corrected chi connectivity index (χ0v) is 11.9. The smallest absolute Gasteiger partial charge is 0.224 e. The van der Waals surface area contributed by atoms with E-state index in [0.717, 1.165) is 19.4 Å². The lowest BCUT2D eigenvalue weighted by Gasteiger charge is -2.31. The first-order valence-corrected chi connectivity index (χ1v) is 6.64. The maximum atomic E-state index is 9.54. The summed E-state index contributed by atoms with van der Waals surface area (Å²) in [6, 6.07) is 0. The van der Waals surface area contributed by atoms with Gasteiger partial charge in [-0.05, 0) is 19.8 Å². The molecule has 0 saturated heterocycles. The fraction of sp³-hybridized carbons (Fsp3) is 0.667. The average molecular weight is 273 g/mol. The van der Waals surface area contributed by atoms with Crippen molar-refractivity contribution >= 4 is 23.4 Å². The zero-order valence-electron chi connectivity index (χ0n) is 11.1. The number of nitrogens with one attached hydrogen (secondary N) is 2. The summed E-state index contributed by atoms with van der Waals surface area (Å²) >= 11 is 6.08. The van der Waals surface area contributed by atoms with Crippen LogP contribution in [0.3, 0.4) is 0 Å². The summed E-state index contributed by atoms with van der Waals surface area (Å²) in [5, 5.41) is 16.3. The Kier molecular flexibility index (Phi) is 5.62. The lowest BCUT2D eigenvalue weighted by Crippen LogP contribution is -2.41. The number of halogens is 1. The number of aromatic nitrogens is 2. The highest BCUT2D eigenvalue weighted by Crippen LogP contribution is 2.26. The van der Waals surface area contributed by atoms with Crippen molar-refractivity contribution in [2.24, 2.45) is 0 Å². The predicted molar refractivity (Wildman–Crippen MR) is 75.2 cm³/mol. The molecule has 0 aliphatic carbocycles. The maximum absolute atomic E-state index is 9.54. The molecular formula is C12H21ClN4O. The van der Waals surface area contributed by atoms with Gasteiger partial charge >= 0.3 is 0 Å². The van der Waals surface area contributed by atoms with Gasteiger partial charge in [0.25, 0.3) is 0 Å². The van der Waals surface area contributed by atoms with Crippen LogP contribution in [-0.4, -0.2) is 33.8 Å². The minimum Gasteiger partial charge on any atom is -0.394 e. The SMILES string of the molecule is CCNc1ncc(Cl)c(NC(CC)(CC)CO)n1. The molecule has 102 valence electrons. The normalized spacial score (nSPS) is 11.4. The van der Waals surface area contributed by atoms with E-state index in [1.165, 1.54) is 0 Å². The van der Waals surface area contributed by atoms with Gasteiger partial charge in [-0.15, -0.1) is 0 Å². The van der Waals surface area contributed by atoms with Crippen LogP contribution < -0.4 is 10.6 Å². The average Bonchev–Trinajstić information content (AvgIpc) is 2.40. The first kappa shape index (κ1) is 15.0. The van der Waals surface area contributed by atoms with E-state index < -0.39 is 0 Å². The summed E-state index contributed by atoms with van der Waals surface area (Å²) in [6.45, 7) is 6.80. The highest BCUT2D eigenvalue weighted by molar-refractivity contribution is 6.32. The Hall–Kier alpha value is -1.07. The molecule has 0 fully saturated rings. The van der Waals surface area contributed by atoms with Crippen molar-refractivity contribution in [1.82, 2.24) is 9.97 Å². The Morgan fingerprint density at radius 1 is 1.33 bits per heavy atom. The van der Waals surface area contributed by atoms with Gasteiger partial charge in [-0.1, -0.05) is 25.4 Å². The molecule has 5 nitrogen and oxygen atoms in total. The van der Waals surface area contributed by atoms with Crippen molar-refractivity contribution in [2.75, 3.05) is 23.8 Å². The molecule has 0 saturated carbocycles. The van der Waals surface area contributed by atoms with Crippen LogP contribution in [0.15, 0.2) is 6.20 Å². The largest absolute Gasteiger partial charge is 0.394 e. The molecule has 0 unspecified atom stereocenters. The predicted octanol–water partition coefficient (Wildman–Crippen LogP) is 2.52. The van der Waals surface area contributed by atoms with Gasteiger partial charge < -0.3 is 15.7 Å². The molecule has 0 aromatic carbocycles. The molecule has 1 heterocycles. The molecule has 0 aliphatic rings. The lowest BCUT2D eigenvalue weighted by molar-refractivity contribution is 0.202. The molecule has 3 N–H and O–H groups in total. The van der Waals surface area contributed by atoms with Crippen molar-refractivity contribution in [3.8, 4) is 0 Å². The highest BCUT2D eigenvalue weighted by atomic mass is 35.5. The van der Waals surface area contributed by atoms with E-state index in [4.69, 9.17) is 11.6 Å². The zero-order chi connectivity index (χ0) is 13.6. The van der Waals surface area contributed by atoms with Gasteiger partial charge in [-0.3, -0.25) is 0 Å². The van der Waals surface area contributed by atoms with Crippen LogP contribution in [0.2, 0.25) is 5.02 Å². The Morgan fingerprint density at radius 2 is 2.00 bits per heavy atom. The molecule has 0 atom stereocenters. The molecule has 1 aromatic heterocycles. The summed E-state index contributed by atoms with van der Waals surface area (Å²) in [5.41, 5.74) is -0.387. The summed E-state index contributed by atoms with van der Waals surface area (Å²) in [4.78, 5) is 8.39. The second kappa shape index (κ2) is 6.75. The minimum absolute atomic E-state index is 0.0386. The monoisotopic (exact) mass is 272 g/mol. The van der Waals surface area contributed by atoms with E-state index >= 15 is 0 Å². The standard InChI is InChI=1S/C12H21ClN4O/c1-4-12(5-2,8-18)17-10-9(13)7-15-11(16-10)14-6-3/h7,18H,4-6,8H2,1-3H3,(H2,14,15,16,17). The fourth-order valence-electron chi connectivity index (χ4n) is 1.64. The molecule has 6 heteroatoms. The van der Waals surface area contributed by atoms with E-state index in [1.807, 2.05) is 20.8 Å². The number of hydrogen-bond donors (Lipinski definition) is 3. The van der Waals surface area contributed by atoms with Gasteiger partial charge in [-0.2, -0.15) is 4.98 Å². The number of aliphatic hydroxyl groups is 1. The van der Waals surface area contributed by atoms with Crippen LogP contribution in [0.25, 0.3) is 0 Å². The van der Waals surface area contributed by atoms with Crippen LogP contribution in [0.1, 0.15) is 33.6 Å². The van der Waals surface area contributed by atoms with Crippen molar-refractivity contribution < 1.29 is 5.11 Å². The quantitative estimate of drug-likeness (QED) is 0.712. The summed E-state index contributed by atoms with van der Waals surface area (Å²) in [5.74, 6) is 1.09. The van der Waals surface area contributed by atoms with Gasteiger partial charge in [0, 0.05) is 6.54 Å². The Bertz CT molecular complexity index is 374. The summed E-state index contributed by atoms with van der Waals surface area (Å²) in [6.07, 6.45) is 3.13. The lowest BCUT2D eigenvalue weighted by atomic mass is 9.94. The number of nitrogens with zero attached hydrogens (tertiary/aromatic N) is 2. The van der Waals surface area contributed by atoms with Crippen molar-refractivity contribution in [2.45, 2.75) is 39.2 Å². The van der Waals surface area contributed by atoms with Gasteiger partial charge in [0.05, 0.1) is 18.3 Å². The third-order valence-corrected chi connectivity index (χ3v) is 3.40. The topological polar surface area (TPSA) is 70.1 Å². The second-order valence-corrected chi connectivity index (χ2v) is 4.60. The Morgan fingerprint density at radius 3 is 2.50 bits per heavy atom. The molecule has 18 heavy (non-hydrogen) atoms. The van der Waals surface area contributed by atoms with E-state index in [2.05, 4.69) is 20.6 Å². The van der Waals surface area contributed by atoms with Crippen LogP contribution in [0, 0.1) is 0 Å². The fourth-order valence-corrected chi connectivity index (χ4v) is 1.78. The Labute approximate surface area is 113 Å². The molecule has 0 bridgehead atoms. The van der Waals surface area contributed by atoms with Crippen molar-refractivity contribution in [3.63, 3.8) is 0 Å². The highest BCUT2D eigenvalue weighted by Gasteiger charge is 2.26. The number of hydrogen-bond acceptors (Lipinski definition) is 5. The van der Waals surface area contributed by atoms with Crippen LogP contribution in [0.5, 0.6) is 0 Å². The van der Waals surface area contributed by atoms with E-state index in [1.54, 1.807) is 6.20 Å². The summed E-state index contributed by atoms with van der Waals surface area (Å²) < 4.78 is 0. The molecule has 1 rings (SSSR count). The molecule has 0 aliphatic heterocycles. The number of anilines is 2. The molecule has 0 spiro atoms. The van der Waals surface area contributed by atoms with E-state index in [9.17, 15) is 5.11 Å². The molecular weight excluding hydrogens is 252 g/mol. The first-order valence-electron chi connectivity index (χ1n) is 6.26. The van der Waals surface area contributed by atoms with Gasteiger partial charge in [0.15, 0.2) is 5.82 Å². The van der Waals surface area contributed by atoms with Gasteiger partial charge in [0.2, 0.25) is 5.95 Å². The first-order chi connectivity index (χ1) is 8.60. The molecule has 0 amide bonds. The third kappa shape index (κ3) is 3.46. The number of aliphatic hydroxyl groups excluding tert-OH is 1. The maximum Gasteiger partial charge on any atom is 0.224 e. The van der Waals surface area contributed by atoms with E-state index in [0.29, 0.717) is 16.8 Å². The third-order valence-electron chi connectivity index (χ3n) is 3.12. The van der Waals surface area contributed by atoms with Crippen molar-refractivity contribution in [3.05, 3.63) is 11.2 Å². The Balaban J connectivity index is 2.97. The van der Waals surface area contributed by atoms with Gasteiger partial charge in [0.1, 0.15) is 5.02 Å². The van der Waals surface area contributed by atoms with Gasteiger partial charge in [-0.25, -0.2) is 4.98 Å².